The molecule has 0 aromatic heterocycles. The van der Waals surface area contributed by atoms with Crippen molar-refractivity contribution in [1.29, 1.82) is 0 Å². The number of benzene rings is 1. The highest BCUT2D eigenvalue weighted by Crippen LogP contribution is 2.25. The minimum atomic E-state index is -0.0646. The molecule has 1 amide bonds. The number of amides is 1. The molecule has 3 heteroatoms. The molecule has 1 aromatic rings. The summed E-state index contributed by atoms with van der Waals surface area (Å²) >= 11 is 0. The Hall–Kier alpha value is -1.51. The van der Waals surface area contributed by atoms with Crippen LogP contribution in [0.25, 0.3) is 0 Å². The molecule has 3 nitrogen and oxygen atoms in total. The first-order valence-electron chi connectivity index (χ1n) is 6.31. The Kier molecular flexibility index (Phi) is 4.02. The SMILES string of the molecule is CCNC(=O)COc1ccc2c(c1)CCCC2. The first kappa shape index (κ1) is 12.0. The van der Waals surface area contributed by atoms with Crippen LogP contribution in [-0.2, 0) is 17.6 Å². The second kappa shape index (κ2) is 5.71. The highest BCUT2D eigenvalue weighted by Gasteiger charge is 2.10. The van der Waals surface area contributed by atoms with Crippen molar-refractivity contribution >= 4 is 5.91 Å². The van der Waals surface area contributed by atoms with Crippen molar-refractivity contribution in [3.8, 4) is 5.75 Å². The topological polar surface area (TPSA) is 38.3 Å². The van der Waals surface area contributed by atoms with E-state index in [2.05, 4.69) is 17.4 Å². The van der Waals surface area contributed by atoms with Crippen molar-refractivity contribution < 1.29 is 9.53 Å². The first-order chi connectivity index (χ1) is 8.29. The van der Waals surface area contributed by atoms with Crippen LogP contribution in [0.2, 0.25) is 0 Å². The zero-order chi connectivity index (χ0) is 12.1. The molecule has 0 bridgehead atoms. The minimum absolute atomic E-state index is 0.0646. The number of likely N-dealkylation sites (N-methyl/N-ethyl adjacent to an activating group) is 1. The molecule has 0 fully saturated rings. The molecule has 1 N–H and O–H groups in total. The van der Waals surface area contributed by atoms with Gasteiger partial charge in [-0.15, -0.1) is 0 Å². The molecule has 1 aliphatic rings. The molecule has 92 valence electrons. The molecule has 0 aliphatic heterocycles. The van der Waals surface area contributed by atoms with Crippen LogP contribution >= 0.6 is 0 Å². The molecule has 0 atom stereocenters. The van der Waals surface area contributed by atoms with Crippen LogP contribution in [0.1, 0.15) is 30.9 Å². The molecule has 2 rings (SSSR count). The average molecular weight is 233 g/mol. The molecule has 0 unspecified atom stereocenters. The summed E-state index contributed by atoms with van der Waals surface area (Å²) < 4.78 is 5.47. The second-order valence-corrected chi connectivity index (χ2v) is 4.38. The van der Waals surface area contributed by atoms with Crippen molar-refractivity contribution in [2.45, 2.75) is 32.6 Å². The fourth-order valence-corrected chi connectivity index (χ4v) is 2.20. The van der Waals surface area contributed by atoms with Crippen molar-refractivity contribution in [2.24, 2.45) is 0 Å². The Morgan fingerprint density at radius 2 is 2.06 bits per heavy atom. The van der Waals surface area contributed by atoms with Crippen LogP contribution in [-0.4, -0.2) is 19.1 Å². The number of aryl methyl sites for hydroxylation is 2. The normalized spacial score (nSPS) is 13.9. The smallest absolute Gasteiger partial charge is 0.257 e. The zero-order valence-electron chi connectivity index (χ0n) is 10.3. The lowest BCUT2D eigenvalue weighted by atomic mass is 9.92. The predicted molar refractivity (Wildman–Crippen MR) is 67.3 cm³/mol. The van der Waals surface area contributed by atoms with Gasteiger partial charge in [0.25, 0.3) is 5.91 Å². The van der Waals surface area contributed by atoms with E-state index < -0.39 is 0 Å². The van der Waals surface area contributed by atoms with Crippen molar-refractivity contribution in [1.82, 2.24) is 5.32 Å². The molecule has 1 aromatic carbocycles. The molecule has 0 heterocycles. The number of fused-ring (bicyclic) bond motifs is 1. The fraction of sp³-hybridized carbons (Fsp3) is 0.500. The van der Waals surface area contributed by atoms with E-state index in [1.54, 1.807) is 0 Å². The van der Waals surface area contributed by atoms with Crippen LogP contribution in [0, 0.1) is 0 Å². The van der Waals surface area contributed by atoms with E-state index in [-0.39, 0.29) is 12.5 Å². The lowest BCUT2D eigenvalue weighted by Gasteiger charge is -2.16. The third kappa shape index (κ3) is 3.22. The first-order valence-corrected chi connectivity index (χ1v) is 6.31. The third-order valence-electron chi connectivity index (χ3n) is 3.06. The zero-order valence-corrected chi connectivity index (χ0v) is 10.3. The minimum Gasteiger partial charge on any atom is -0.484 e. The summed E-state index contributed by atoms with van der Waals surface area (Å²) in [6.45, 7) is 2.65. The van der Waals surface area contributed by atoms with Gasteiger partial charge < -0.3 is 10.1 Å². The van der Waals surface area contributed by atoms with Gasteiger partial charge in [0.2, 0.25) is 0 Å². The van der Waals surface area contributed by atoms with Gasteiger partial charge in [-0.05, 0) is 55.9 Å². The number of ether oxygens (including phenoxy) is 1. The Balaban J connectivity index is 1.95. The molecule has 0 radical (unpaired) electrons. The number of hydrogen-bond donors (Lipinski definition) is 1. The number of carbonyl (C=O) groups is 1. The van der Waals surface area contributed by atoms with Gasteiger partial charge in [0.05, 0.1) is 0 Å². The second-order valence-electron chi connectivity index (χ2n) is 4.38. The molecule has 17 heavy (non-hydrogen) atoms. The fourth-order valence-electron chi connectivity index (χ4n) is 2.20. The maximum Gasteiger partial charge on any atom is 0.257 e. The van der Waals surface area contributed by atoms with E-state index in [1.807, 2.05) is 13.0 Å². The molecule has 0 spiro atoms. The standard InChI is InChI=1S/C14H19NO2/c1-2-15-14(16)10-17-13-8-7-11-5-3-4-6-12(11)9-13/h7-9H,2-6,10H2,1H3,(H,15,16). The van der Waals surface area contributed by atoms with Crippen molar-refractivity contribution in [3.63, 3.8) is 0 Å². The van der Waals surface area contributed by atoms with Gasteiger partial charge in [0, 0.05) is 6.54 Å². The number of nitrogens with one attached hydrogen (secondary N) is 1. The summed E-state index contributed by atoms with van der Waals surface area (Å²) in [5, 5.41) is 2.71. The van der Waals surface area contributed by atoms with E-state index in [1.165, 1.54) is 30.4 Å². The van der Waals surface area contributed by atoms with E-state index in [0.29, 0.717) is 6.54 Å². The quantitative estimate of drug-likeness (QED) is 0.864. The Bertz CT molecular complexity index is 401. The molecule has 0 saturated carbocycles. The summed E-state index contributed by atoms with van der Waals surface area (Å²) in [6, 6.07) is 6.17. The van der Waals surface area contributed by atoms with Crippen molar-refractivity contribution in [2.75, 3.05) is 13.2 Å². The average Bonchev–Trinajstić information content (AvgIpc) is 2.36. The monoisotopic (exact) mass is 233 g/mol. The maximum atomic E-state index is 11.3. The van der Waals surface area contributed by atoms with Crippen LogP contribution in [0.4, 0.5) is 0 Å². The van der Waals surface area contributed by atoms with Crippen molar-refractivity contribution in [3.05, 3.63) is 29.3 Å². The third-order valence-corrected chi connectivity index (χ3v) is 3.06. The summed E-state index contributed by atoms with van der Waals surface area (Å²) in [6.07, 6.45) is 4.85. The van der Waals surface area contributed by atoms with Crippen LogP contribution < -0.4 is 10.1 Å². The van der Waals surface area contributed by atoms with Crippen LogP contribution in [0.3, 0.4) is 0 Å². The Morgan fingerprint density at radius 3 is 2.82 bits per heavy atom. The molecular formula is C14H19NO2. The van der Waals surface area contributed by atoms with E-state index in [4.69, 9.17) is 4.74 Å². The van der Waals surface area contributed by atoms with Gasteiger partial charge >= 0.3 is 0 Å². The van der Waals surface area contributed by atoms with E-state index in [0.717, 1.165) is 12.2 Å². The van der Waals surface area contributed by atoms with Gasteiger partial charge in [-0.25, -0.2) is 0 Å². The van der Waals surface area contributed by atoms with Crippen LogP contribution in [0.15, 0.2) is 18.2 Å². The van der Waals surface area contributed by atoms with Gasteiger partial charge in [0.15, 0.2) is 6.61 Å². The van der Waals surface area contributed by atoms with Gasteiger partial charge in [-0.1, -0.05) is 6.07 Å². The van der Waals surface area contributed by atoms with Gasteiger partial charge in [0.1, 0.15) is 5.75 Å². The van der Waals surface area contributed by atoms with Crippen LogP contribution in [0.5, 0.6) is 5.75 Å². The Morgan fingerprint density at radius 1 is 1.29 bits per heavy atom. The number of rotatable bonds is 4. The van der Waals surface area contributed by atoms with E-state index >= 15 is 0 Å². The lowest BCUT2D eigenvalue weighted by Crippen LogP contribution is -2.28. The Labute approximate surface area is 102 Å². The largest absolute Gasteiger partial charge is 0.484 e. The van der Waals surface area contributed by atoms with Gasteiger partial charge in [-0.3, -0.25) is 4.79 Å². The van der Waals surface area contributed by atoms with E-state index in [9.17, 15) is 4.79 Å². The lowest BCUT2D eigenvalue weighted by molar-refractivity contribution is -0.122. The molecular weight excluding hydrogens is 214 g/mol. The summed E-state index contributed by atoms with van der Waals surface area (Å²) in [7, 11) is 0. The number of carbonyl (C=O) groups excluding carboxylic acids is 1. The highest BCUT2D eigenvalue weighted by molar-refractivity contribution is 5.77. The van der Waals surface area contributed by atoms with Gasteiger partial charge in [-0.2, -0.15) is 0 Å². The predicted octanol–water partition coefficient (Wildman–Crippen LogP) is 2.08. The molecule has 0 saturated heterocycles. The number of hydrogen-bond acceptors (Lipinski definition) is 2. The highest BCUT2D eigenvalue weighted by atomic mass is 16.5. The molecule has 1 aliphatic carbocycles. The summed E-state index contributed by atoms with van der Waals surface area (Å²) in [5.74, 6) is 0.738. The summed E-state index contributed by atoms with van der Waals surface area (Å²) in [4.78, 5) is 11.3. The maximum absolute atomic E-state index is 11.3. The summed E-state index contributed by atoms with van der Waals surface area (Å²) in [5.41, 5.74) is 2.81.